The average molecular weight is 138 g/mol. The van der Waals surface area contributed by atoms with E-state index in [1.807, 2.05) is 0 Å². The van der Waals surface area contributed by atoms with Crippen molar-refractivity contribution in [3.8, 4) is 0 Å². The molecule has 0 aromatic rings. The van der Waals surface area contributed by atoms with Gasteiger partial charge in [-0.05, 0) is 25.8 Å². The first-order valence-electron chi connectivity index (χ1n) is 3.71. The Morgan fingerprint density at radius 2 is 2.10 bits per heavy atom. The molecule has 0 bridgehead atoms. The van der Waals surface area contributed by atoms with Crippen molar-refractivity contribution in [2.75, 3.05) is 7.11 Å². The second-order valence-electron chi connectivity index (χ2n) is 2.66. The minimum Gasteiger partial charge on any atom is -0.501 e. The van der Waals surface area contributed by atoms with Crippen molar-refractivity contribution in [1.29, 1.82) is 0 Å². The van der Waals surface area contributed by atoms with Crippen LogP contribution in [0.1, 0.15) is 26.2 Å². The first-order valence-corrected chi connectivity index (χ1v) is 3.71. The van der Waals surface area contributed by atoms with Crippen LogP contribution in [0.2, 0.25) is 0 Å². The quantitative estimate of drug-likeness (QED) is 0.506. The molecule has 0 spiro atoms. The fraction of sp³-hybridized carbons (Fsp3) is 0.556. The van der Waals surface area contributed by atoms with E-state index in [1.165, 1.54) is 5.57 Å². The van der Waals surface area contributed by atoms with E-state index >= 15 is 0 Å². The average Bonchev–Trinajstić information content (AvgIpc) is 2.14. The van der Waals surface area contributed by atoms with Crippen molar-refractivity contribution in [1.82, 2.24) is 0 Å². The van der Waals surface area contributed by atoms with Crippen LogP contribution < -0.4 is 0 Å². The lowest BCUT2D eigenvalue weighted by Crippen LogP contribution is -1.85. The zero-order chi connectivity index (χ0) is 7.40. The third-order valence-corrected chi connectivity index (χ3v) is 1.84. The Morgan fingerprint density at radius 1 is 1.30 bits per heavy atom. The van der Waals surface area contributed by atoms with E-state index in [-0.39, 0.29) is 0 Å². The molecule has 0 saturated carbocycles. The Labute approximate surface area is 62.4 Å². The van der Waals surface area contributed by atoms with Crippen molar-refractivity contribution in [2.45, 2.75) is 26.2 Å². The molecule has 0 N–H and O–H groups in total. The Balaban J connectivity index is 2.51. The summed E-state index contributed by atoms with van der Waals surface area (Å²) in [6.07, 6.45) is 7.66. The van der Waals surface area contributed by atoms with Gasteiger partial charge in [0.15, 0.2) is 0 Å². The highest BCUT2D eigenvalue weighted by Gasteiger charge is 2.00. The molecule has 56 valence electrons. The molecule has 1 rings (SSSR count). The molecule has 0 aromatic carbocycles. The molecule has 10 heavy (non-hydrogen) atoms. The van der Waals surface area contributed by atoms with Gasteiger partial charge in [-0.1, -0.05) is 11.6 Å². The lowest BCUT2D eigenvalue weighted by molar-refractivity contribution is 0.276. The zero-order valence-corrected chi connectivity index (χ0v) is 6.68. The fourth-order valence-corrected chi connectivity index (χ4v) is 1.10. The number of hydrogen-bond donors (Lipinski definition) is 0. The van der Waals surface area contributed by atoms with E-state index in [2.05, 4.69) is 19.1 Å². The molecule has 0 heterocycles. The summed E-state index contributed by atoms with van der Waals surface area (Å²) in [5.74, 6) is 1.13. The maximum Gasteiger partial charge on any atom is 0.0922 e. The standard InChI is InChI=1S/C9H14O/c1-8-4-3-5-9(10-2)7-6-8/h4-5H,3,6-7H2,1-2H3. The summed E-state index contributed by atoms with van der Waals surface area (Å²) in [4.78, 5) is 0. The molecular formula is C9H14O. The number of rotatable bonds is 1. The van der Waals surface area contributed by atoms with Crippen LogP contribution in [0, 0.1) is 0 Å². The normalized spacial score (nSPS) is 19.0. The first-order chi connectivity index (χ1) is 4.83. The molecule has 1 heteroatoms. The summed E-state index contributed by atoms with van der Waals surface area (Å²) in [5.41, 5.74) is 1.48. The van der Waals surface area contributed by atoms with Crippen molar-refractivity contribution in [3.63, 3.8) is 0 Å². The molecule has 0 amide bonds. The van der Waals surface area contributed by atoms with Gasteiger partial charge in [0.2, 0.25) is 0 Å². The first kappa shape index (κ1) is 7.39. The summed E-state index contributed by atoms with van der Waals surface area (Å²) in [7, 11) is 1.74. The van der Waals surface area contributed by atoms with Gasteiger partial charge < -0.3 is 4.74 Å². The number of methoxy groups -OCH3 is 1. The van der Waals surface area contributed by atoms with Gasteiger partial charge in [0.05, 0.1) is 12.9 Å². The van der Waals surface area contributed by atoms with Crippen LogP contribution >= 0.6 is 0 Å². The van der Waals surface area contributed by atoms with Crippen LogP contribution in [0.25, 0.3) is 0 Å². The van der Waals surface area contributed by atoms with Crippen molar-refractivity contribution in [2.24, 2.45) is 0 Å². The van der Waals surface area contributed by atoms with Gasteiger partial charge in [0.1, 0.15) is 0 Å². The van der Waals surface area contributed by atoms with Gasteiger partial charge in [-0.2, -0.15) is 0 Å². The second kappa shape index (κ2) is 3.45. The van der Waals surface area contributed by atoms with Crippen molar-refractivity contribution < 1.29 is 4.74 Å². The van der Waals surface area contributed by atoms with Crippen LogP contribution in [0.5, 0.6) is 0 Å². The molecule has 1 aliphatic carbocycles. The Kier molecular flexibility index (Phi) is 2.55. The largest absolute Gasteiger partial charge is 0.501 e. The van der Waals surface area contributed by atoms with Gasteiger partial charge >= 0.3 is 0 Å². The van der Waals surface area contributed by atoms with E-state index in [0.29, 0.717) is 0 Å². The summed E-state index contributed by atoms with van der Waals surface area (Å²) < 4.78 is 5.15. The number of hydrogen-bond acceptors (Lipinski definition) is 1. The fourth-order valence-electron chi connectivity index (χ4n) is 1.10. The molecule has 0 fully saturated rings. The lowest BCUT2D eigenvalue weighted by Gasteiger charge is -2.02. The smallest absolute Gasteiger partial charge is 0.0922 e. The minimum absolute atomic E-state index is 1.04. The summed E-state index contributed by atoms with van der Waals surface area (Å²) >= 11 is 0. The maximum atomic E-state index is 5.15. The molecular weight excluding hydrogens is 124 g/mol. The predicted octanol–water partition coefficient (Wildman–Crippen LogP) is 2.65. The highest BCUT2D eigenvalue weighted by molar-refractivity contribution is 5.10. The molecule has 0 aliphatic heterocycles. The van der Waals surface area contributed by atoms with E-state index in [4.69, 9.17) is 4.74 Å². The Bertz CT molecular complexity index is 166. The summed E-state index contributed by atoms with van der Waals surface area (Å²) in [5, 5.41) is 0. The maximum absolute atomic E-state index is 5.15. The van der Waals surface area contributed by atoms with E-state index in [1.54, 1.807) is 7.11 Å². The van der Waals surface area contributed by atoms with Gasteiger partial charge in [-0.15, -0.1) is 0 Å². The number of ether oxygens (including phenoxy) is 1. The summed E-state index contributed by atoms with van der Waals surface area (Å²) in [6, 6.07) is 0. The van der Waals surface area contributed by atoms with Crippen LogP contribution in [0.3, 0.4) is 0 Å². The van der Waals surface area contributed by atoms with Crippen LogP contribution in [-0.2, 0) is 4.74 Å². The molecule has 1 nitrogen and oxygen atoms in total. The van der Waals surface area contributed by atoms with Crippen LogP contribution in [-0.4, -0.2) is 7.11 Å². The molecule has 0 unspecified atom stereocenters. The van der Waals surface area contributed by atoms with Gasteiger partial charge in [0.25, 0.3) is 0 Å². The van der Waals surface area contributed by atoms with Gasteiger partial charge in [-0.25, -0.2) is 0 Å². The topological polar surface area (TPSA) is 9.23 Å². The van der Waals surface area contributed by atoms with Crippen LogP contribution in [0.15, 0.2) is 23.5 Å². The second-order valence-corrected chi connectivity index (χ2v) is 2.66. The third-order valence-electron chi connectivity index (χ3n) is 1.84. The SMILES string of the molecule is COC1=CCC=C(C)CC1. The molecule has 0 radical (unpaired) electrons. The number of allylic oxidation sites excluding steroid dienone is 4. The monoisotopic (exact) mass is 138 g/mol. The highest BCUT2D eigenvalue weighted by atomic mass is 16.5. The zero-order valence-electron chi connectivity index (χ0n) is 6.68. The Morgan fingerprint density at radius 3 is 2.80 bits per heavy atom. The van der Waals surface area contributed by atoms with E-state index in [9.17, 15) is 0 Å². The lowest BCUT2D eigenvalue weighted by atomic mass is 10.2. The summed E-state index contributed by atoms with van der Waals surface area (Å²) in [6.45, 7) is 2.17. The molecule has 0 atom stereocenters. The van der Waals surface area contributed by atoms with Crippen LogP contribution in [0.4, 0.5) is 0 Å². The third kappa shape index (κ3) is 1.90. The molecule has 0 aromatic heterocycles. The molecule has 1 aliphatic rings. The highest BCUT2D eigenvalue weighted by Crippen LogP contribution is 2.17. The van der Waals surface area contributed by atoms with Crippen molar-refractivity contribution >= 4 is 0 Å². The van der Waals surface area contributed by atoms with Gasteiger partial charge in [-0.3, -0.25) is 0 Å². The minimum atomic E-state index is 1.04. The molecule has 0 saturated heterocycles. The Hall–Kier alpha value is -0.720. The van der Waals surface area contributed by atoms with E-state index in [0.717, 1.165) is 25.0 Å². The van der Waals surface area contributed by atoms with E-state index < -0.39 is 0 Å². The van der Waals surface area contributed by atoms with Gasteiger partial charge in [0, 0.05) is 6.42 Å². The predicted molar refractivity (Wildman–Crippen MR) is 42.7 cm³/mol. The van der Waals surface area contributed by atoms with Crippen molar-refractivity contribution in [3.05, 3.63) is 23.5 Å².